The first-order valence-corrected chi connectivity index (χ1v) is 5.85. The number of hydrogen-bond donors (Lipinski definition) is 2. The van der Waals surface area contributed by atoms with Crippen LogP contribution in [0.15, 0.2) is 18.2 Å². The van der Waals surface area contributed by atoms with E-state index in [4.69, 9.17) is 9.47 Å². The number of nitrogens with one attached hydrogen (secondary N) is 2. The number of carbonyl (C=O) groups is 1. The second-order valence-corrected chi connectivity index (χ2v) is 4.16. The first kappa shape index (κ1) is 11.6. The summed E-state index contributed by atoms with van der Waals surface area (Å²) in [5.41, 5.74) is 2.83. The molecule has 0 fully saturated rings. The minimum absolute atomic E-state index is 0.200. The maximum absolute atomic E-state index is 11.7. The quantitative estimate of drug-likeness (QED) is 0.853. The van der Waals surface area contributed by atoms with Crippen molar-refractivity contribution >= 4 is 5.91 Å². The Balaban J connectivity index is 2.10. The maximum atomic E-state index is 11.7. The third-order valence-electron chi connectivity index (χ3n) is 3.14. The van der Waals surface area contributed by atoms with E-state index in [0.717, 1.165) is 22.6 Å². The zero-order valence-corrected chi connectivity index (χ0v) is 10.6. The zero-order valence-electron chi connectivity index (χ0n) is 10.6. The van der Waals surface area contributed by atoms with Crippen LogP contribution in [0.4, 0.5) is 0 Å². The average molecular weight is 259 g/mol. The van der Waals surface area contributed by atoms with Gasteiger partial charge >= 0.3 is 0 Å². The molecule has 1 aromatic heterocycles. The van der Waals surface area contributed by atoms with Gasteiger partial charge in [-0.3, -0.25) is 9.89 Å². The Morgan fingerprint density at radius 3 is 3.11 bits per heavy atom. The second-order valence-electron chi connectivity index (χ2n) is 4.16. The Morgan fingerprint density at radius 2 is 2.37 bits per heavy atom. The Hall–Kier alpha value is -2.50. The molecule has 1 aromatic carbocycles. The van der Waals surface area contributed by atoms with Crippen molar-refractivity contribution in [2.75, 3.05) is 14.2 Å². The lowest BCUT2D eigenvalue weighted by atomic mass is 10.0. The largest absolute Gasteiger partial charge is 0.497 e. The van der Waals surface area contributed by atoms with Gasteiger partial charge in [0.05, 0.1) is 7.11 Å². The van der Waals surface area contributed by atoms with Gasteiger partial charge in [-0.2, -0.15) is 5.10 Å². The SMILES string of the molecule is CNC(=O)c1[nH]nc2c1COc1cc(OC)ccc1-2. The highest BCUT2D eigenvalue weighted by molar-refractivity contribution is 5.95. The van der Waals surface area contributed by atoms with Crippen LogP contribution in [0.2, 0.25) is 0 Å². The van der Waals surface area contributed by atoms with Gasteiger partial charge in [-0.1, -0.05) is 0 Å². The molecular weight excluding hydrogens is 246 g/mol. The highest BCUT2D eigenvalue weighted by Crippen LogP contribution is 2.39. The van der Waals surface area contributed by atoms with E-state index in [1.807, 2.05) is 18.2 Å². The van der Waals surface area contributed by atoms with Crippen LogP contribution in [0.25, 0.3) is 11.3 Å². The molecule has 6 heteroatoms. The average Bonchev–Trinajstić information content (AvgIpc) is 2.89. The molecule has 19 heavy (non-hydrogen) atoms. The Kier molecular flexibility index (Phi) is 2.63. The summed E-state index contributed by atoms with van der Waals surface area (Å²) in [6.45, 7) is 0.314. The molecule has 3 rings (SSSR count). The predicted molar refractivity (Wildman–Crippen MR) is 68.3 cm³/mol. The molecule has 1 aliphatic rings. The van der Waals surface area contributed by atoms with E-state index < -0.39 is 0 Å². The lowest BCUT2D eigenvalue weighted by Gasteiger charge is -2.17. The van der Waals surface area contributed by atoms with E-state index in [1.165, 1.54) is 0 Å². The first-order valence-electron chi connectivity index (χ1n) is 5.85. The monoisotopic (exact) mass is 259 g/mol. The molecule has 1 amide bonds. The number of H-pyrrole nitrogens is 1. The van der Waals surface area contributed by atoms with E-state index in [-0.39, 0.29) is 5.91 Å². The van der Waals surface area contributed by atoms with Gasteiger partial charge in [0.25, 0.3) is 5.91 Å². The number of rotatable bonds is 2. The summed E-state index contributed by atoms with van der Waals surface area (Å²) in [4.78, 5) is 11.7. The number of benzene rings is 1. The molecule has 0 saturated carbocycles. The minimum atomic E-state index is -0.200. The molecule has 98 valence electrons. The topological polar surface area (TPSA) is 76.2 Å². The van der Waals surface area contributed by atoms with Crippen LogP contribution in [0.3, 0.4) is 0 Å². The first-order chi connectivity index (χ1) is 9.24. The highest BCUT2D eigenvalue weighted by atomic mass is 16.5. The van der Waals surface area contributed by atoms with E-state index in [9.17, 15) is 4.79 Å². The Bertz CT molecular complexity index is 649. The summed E-state index contributed by atoms with van der Waals surface area (Å²) in [6, 6.07) is 5.53. The van der Waals surface area contributed by atoms with Crippen molar-refractivity contribution in [3.8, 4) is 22.8 Å². The van der Waals surface area contributed by atoms with Crippen LogP contribution < -0.4 is 14.8 Å². The molecule has 0 bridgehead atoms. The highest BCUT2D eigenvalue weighted by Gasteiger charge is 2.26. The molecular formula is C13H13N3O3. The molecule has 0 saturated heterocycles. The van der Waals surface area contributed by atoms with Gasteiger partial charge in [-0.25, -0.2) is 0 Å². The van der Waals surface area contributed by atoms with Crippen molar-refractivity contribution in [1.82, 2.24) is 15.5 Å². The van der Waals surface area contributed by atoms with Crippen LogP contribution in [0.1, 0.15) is 16.1 Å². The molecule has 2 N–H and O–H groups in total. The molecule has 0 aliphatic carbocycles. The molecule has 0 radical (unpaired) electrons. The summed E-state index contributed by atoms with van der Waals surface area (Å²) >= 11 is 0. The number of carbonyl (C=O) groups excluding carboxylic acids is 1. The Labute approximate surface area is 109 Å². The van der Waals surface area contributed by atoms with Crippen molar-refractivity contribution in [3.63, 3.8) is 0 Å². The number of nitrogens with zero attached hydrogens (tertiary/aromatic N) is 1. The molecule has 2 aromatic rings. The summed E-state index contributed by atoms with van der Waals surface area (Å²) in [6.07, 6.45) is 0. The fraction of sp³-hybridized carbons (Fsp3) is 0.231. The fourth-order valence-electron chi connectivity index (χ4n) is 2.14. The van der Waals surface area contributed by atoms with Crippen LogP contribution in [-0.2, 0) is 6.61 Å². The van der Waals surface area contributed by atoms with Crippen molar-refractivity contribution in [2.45, 2.75) is 6.61 Å². The number of hydrogen-bond acceptors (Lipinski definition) is 4. The molecule has 0 spiro atoms. The van der Waals surface area contributed by atoms with Crippen molar-refractivity contribution in [2.24, 2.45) is 0 Å². The van der Waals surface area contributed by atoms with E-state index >= 15 is 0 Å². The van der Waals surface area contributed by atoms with Crippen molar-refractivity contribution in [3.05, 3.63) is 29.5 Å². The maximum Gasteiger partial charge on any atom is 0.269 e. The lowest BCUT2D eigenvalue weighted by molar-refractivity contribution is 0.0955. The third kappa shape index (κ3) is 1.72. The standard InChI is InChI=1S/C13H13N3O3/c1-14-13(17)12-9-6-19-10-5-7(18-2)3-4-8(10)11(9)15-16-12/h3-5H,6H2,1-2H3,(H,14,17)(H,15,16). The number of methoxy groups -OCH3 is 1. The molecule has 6 nitrogen and oxygen atoms in total. The fourth-order valence-corrected chi connectivity index (χ4v) is 2.14. The normalized spacial score (nSPS) is 12.1. The number of aromatic amines is 1. The van der Waals surface area contributed by atoms with E-state index in [0.29, 0.717) is 18.1 Å². The zero-order chi connectivity index (χ0) is 13.4. The Morgan fingerprint density at radius 1 is 1.53 bits per heavy atom. The smallest absolute Gasteiger partial charge is 0.269 e. The summed E-state index contributed by atoms with van der Waals surface area (Å²) in [5.74, 6) is 1.24. The van der Waals surface area contributed by atoms with Gasteiger partial charge in [0.1, 0.15) is 29.5 Å². The van der Waals surface area contributed by atoms with Crippen LogP contribution >= 0.6 is 0 Å². The van der Waals surface area contributed by atoms with E-state index in [2.05, 4.69) is 15.5 Å². The molecule has 0 atom stereocenters. The van der Waals surface area contributed by atoms with Gasteiger partial charge in [-0.05, 0) is 12.1 Å². The summed E-state index contributed by atoms with van der Waals surface area (Å²) in [7, 11) is 3.19. The molecule has 2 heterocycles. The van der Waals surface area contributed by atoms with Gasteiger partial charge in [0.2, 0.25) is 0 Å². The van der Waals surface area contributed by atoms with Gasteiger partial charge < -0.3 is 14.8 Å². The molecule has 1 aliphatic heterocycles. The third-order valence-corrected chi connectivity index (χ3v) is 3.14. The second kappa shape index (κ2) is 4.31. The molecule has 0 unspecified atom stereocenters. The summed E-state index contributed by atoms with van der Waals surface area (Å²) in [5, 5.41) is 9.55. The van der Waals surface area contributed by atoms with Crippen molar-refractivity contribution < 1.29 is 14.3 Å². The number of ether oxygens (including phenoxy) is 2. The van der Waals surface area contributed by atoms with Gasteiger partial charge in [0.15, 0.2) is 0 Å². The number of amides is 1. The minimum Gasteiger partial charge on any atom is -0.497 e. The number of fused-ring (bicyclic) bond motifs is 3. The predicted octanol–water partition coefficient (Wildman–Crippen LogP) is 1.34. The number of aromatic nitrogens is 2. The summed E-state index contributed by atoms with van der Waals surface area (Å²) < 4.78 is 10.8. The van der Waals surface area contributed by atoms with E-state index in [1.54, 1.807) is 14.2 Å². The van der Waals surface area contributed by atoms with Crippen molar-refractivity contribution in [1.29, 1.82) is 0 Å². The lowest BCUT2D eigenvalue weighted by Crippen LogP contribution is -2.20. The van der Waals surface area contributed by atoms with Gasteiger partial charge in [-0.15, -0.1) is 0 Å². The van der Waals surface area contributed by atoms with Crippen LogP contribution in [0.5, 0.6) is 11.5 Å². The van der Waals surface area contributed by atoms with Gasteiger partial charge in [0, 0.05) is 24.2 Å². The van der Waals surface area contributed by atoms with Crippen LogP contribution in [0, 0.1) is 0 Å². The van der Waals surface area contributed by atoms with Crippen LogP contribution in [-0.4, -0.2) is 30.3 Å².